The molecule has 0 heterocycles. The Balaban J connectivity index is 0. The van der Waals surface area contributed by atoms with Crippen LogP contribution in [0, 0.1) is 0 Å². The van der Waals surface area contributed by atoms with E-state index in [1.165, 1.54) is 70.6 Å². The van der Waals surface area contributed by atoms with Gasteiger partial charge in [0.05, 0.1) is 0 Å². The van der Waals surface area contributed by atoms with Gasteiger partial charge >= 0.3 is 17.9 Å². The lowest BCUT2D eigenvalue weighted by molar-refractivity contribution is -0.137. The molecule has 0 aromatic heterocycles. The van der Waals surface area contributed by atoms with Crippen molar-refractivity contribution in [1.29, 1.82) is 0 Å². The summed E-state index contributed by atoms with van der Waals surface area (Å²) in [6.45, 7) is 2.26. The third-order valence-corrected chi connectivity index (χ3v) is 4.02. The lowest BCUT2D eigenvalue weighted by atomic mass is 10.1. The normalized spacial score (nSPS) is 10.8. The molecule has 162 valence electrons. The van der Waals surface area contributed by atoms with Crippen LogP contribution in [0.1, 0.15) is 96.8 Å². The van der Waals surface area contributed by atoms with E-state index >= 15 is 0 Å². The van der Waals surface area contributed by atoms with Gasteiger partial charge in [0.2, 0.25) is 0 Å². The van der Waals surface area contributed by atoms with Gasteiger partial charge in [0, 0.05) is 18.6 Å². The number of carbonyl (C=O) groups is 3. The van der Waals surface area contributed by atoms with Crippen LogP contribution in [0.25, 0.3) is 0 Å². The molecule has 28 heavy (non-hydrogen) atoms. The van der Waals surface area contributed by atoms with Crippen molar-refractivity contribution < 1.29 is 29.7 Å². The topological polar surface area (TPSA) is 112 Å². The predicted molar refractivity (Wildman–Crippen MR) is 111 cm³/mol. The summed E-state index contributed by atoms with van der Waals surface area (Å²) >= 11 is 0. The van der Waals surface area contributed by atoms with Gasteiger partial charge in [0.25, 0.3) is 0 Å². The van der Waals surface area contributed by atoms with Crippen molar-refractivity contribution in [2.24, 2.45) is 0 Å². The molecule has 0 amide bonds. The van der Waals surface area contributed by atoms with E-state index < -0.39 is 17.9 Å². The number of allylic oxidation sites excluding steroid dienone is 2. The van der Waals surface area contributed by atoms with Crippen molar-refractivity contribution in [2.45, 2.75) is 96.8 Å². The van der Waals surface area contributed by atoms with Gasteiger partial charge in [-0.3, -0.25) is 4.79 Å². The third-order valence-electron chi connectivity index (χ3n) is 4.02. The van der Waals surface area contributed by atoms with Crippen LogP contribution < -0.4 is 0 Å². The fourth-order valence-corrected chi connectivity index (χ4v) is 2.49. The lowest BCUT2D eigenvalue weighted by Crippen LogP contribution is -1.93. The summed E-state index contributed by atoms with van der Waals surface area (Å²) in [5.41, 5.74) is 0. The Hall–Kier alpha value is -2.11. The van der Waals surface area contributed by atoms with Crippen molar-refractivity contribution in [2.75, 3.05) is 0 Å². The van der Waals surface area contributed by atoms with Crippen LogP contribution in [0.15, 0.2) is 24.3 Å². The Kier molecular flexibility index (Phi) is 23.0. The number of rotatable bonds is 17. The molecular weight excluding hydrogens is 360 g/mol. The monoisotopic (exact) mass is 398 g/mol. The maximum Gasteiger partial charge on any atom is 0.328 e. The highest BCUT2D eigenvalue weighted by Gasteiger charge is 1.95. The van der Waals surface area contributed by atoms with E-state index in [1.54, 1.807) is 0 Å². The molecule has 0 fully saturated rings. The SMILES string of the molecule is CCCCCCCC/C=C\CCCCCCCC(=O)O.O=C(O)/C=C/C(=O)O. The summed E-state index contributed by atoms with van der Waals surface area (Å²) in [6.07, 6.45) is 22.4. The third kappa shape index (κ3) is 31.6. The molecule has 0 bridgehead atoms. The van der Waals surface area contributed by atoms with Gasteiger partial charge in [0.1, 0.15) is 0 Å². The molecule has 6 heteroatoms. The van der Waals surface area contributed by atoms with Crippen molar-refractivity contribution in [1.82, 2.24) is 0 Å². The van der Waals surface area contributed by atoms with Gasteiger partial charge in [-0.05, 0) is 32.1 Å². The second kappa shape index (κ2) is 22.9. The van der Waals surface area contributed by atoms with Crippen LogP contribution in [-0.4, -0.2) is 33.2 Å². The lowest BCUT2D eigenvalue weighted by Gasteiger charge is -1.99. The van der Waals surface area contributed by atoms with E-state index in [-0.39, 0.29) is 0 Å². The van der Waals surface area contributed by atoms with Crippen molar-refractivity contribution >= 4 is 17.9 Å². The standard InChI is InChI=1S/C18H34O2.C4H4O4/c1-2-3-4-5-6-7-8-9-10-11-12-13-14-15-16-17-18(19)20;5-3(6)1-2-4(7)8/h9-10H,2-8,11-17H2,1H3,(H,19,20);1-2H,(H,5,6)(H,7,8)/b10-9-;2-1+. The van der Waals surface area contributed by atoms with E-state index in [2.05, 4.69) is 19.1 Å². The molecule has 0 aromatic carbocycles. The summed E-state index contributed by atoms with van der Waals surface area (Å²) in [5, 5.41) is 24.1. The first kappa shape index (κ1) is 28.1. The second-order valence-electron chi connectivity index (χ2n) is 6.74. The Bertz CT molecular complexity index is 438. The highest BCUT2D eigenvalue weighted by atomic mass is 16.4. The highest BCUT2D eigenvalue weighted by Crippen LogP contribution is 2.09. The second-order valence-corrected chi connectivity index (χ2v) is 6.74. The van der Waals surface area contributed by atoms with E-state index in [1.807, 2.05) is 0 Å². The number of hydrogen-bond donors (Lipinski definition) is 3. The van der Waals surface area contributed by atoms with Crippen LogP contribution in [0.2, 0.25) is 0 Å². The summed E-state index contributed by atoms with van der Waals surface area (Å²) in [6, 6.07) is 0. The number of hydrogen-bond acceptors (Lipinski definition) is 3. The first-order chi connectivity index (χ1) is 13.4. The zero-order chi connectivity index (χ0) is 21.5. The molecular formula is C22H38O6. The van der Waals surface area contributed by atoms with Gasteiger partial charge < -0.3 is 15.3 Å². The average molecular weight is 399 g/mol. The van der Waals surface area contributed by atoms with E-state index in [0.29, 0.717) is 18.6 Å². The molecule has 6 nitrogen and oxygen atoms in total. The Morgan fingerprint density at radius 1 is 0.607 bits per heavy atom. The zero-order valence-electron chi connectivity index (χ0n) is 17.3. The van der Waals surface area contributed by atoms with Crippen LogP contribution in [0.4, 0.5) is 0 Å². The van der Waals surface area contributed by atoms with Crippen molar-refractivity contribution in [3.05, 3.63) is 24.3 Å². The fraction of sp³-hybridized carbons (Fsp3) is 0.682. The quantitative estimate of drug-likeness (QED) is 0.162. The Morgan fingerprint density at radius 2 is 1.00 bits per heavy atom. The maximum absolute atomic E-state index is 10.3. The molecule has 0 aliphatic heterocycles. The van der Waals surface area contributed by atoms with Crippen LogP contribution in [0.3, 0.4) is 0 Å². The minimum atomic E-state index is -1.26. The van der Waals surface area contributed by atoms with E-state index in [9.17, 15) is 14.4 Å². The molecule has 0 radical (unpaired) electrons. The molecule has 0 aliphatic carbocycles. The van der Waals surface area contributed by atoms with Gasteiger partial charge in [0.15, 0.2) is 0 Å². The first-order valence-corrected chi connectivity index (χ1v) is 10.4. The minimum absolute atomic E-state index is 0.332. The first-order valence-electron chi connectivity index (χ1n) is 10.4. The van der Waals surface area contributed by atoms with Gasteiger partial charge in [-0.15, -0.1) is 0 Å². The van der Waals surface area contributed by atoms with Gasteiger partial charge in [-0.1, -0.05) is 70.4 Å². The van der Waals surface area contributed by atoms with Crippen LogP contribution in [0.5, 0.6) is 0 Å². The van der Waals surface area contributed by atoms with Gasteiger partial charge in [-0.25, -0.2) is 9.59 Å². The fourth-order valence-electron chi connectivity index (χ4n) is 2.49. The molecule has 0 unspecified atom stereocenters. The zero-order valence-corrected chi connectivity index (χ0v) is 17.3. The predicted octanol–water partition coefficient (Wildman–Crippen LogP) is 5.82. The maximum atomic E-state index is 10.3. The molecule has 0 atom stereocenters. The van der Waals surface area contributed by atoms with Gasteiger partial charge in [-0.2, -0.15) is 0 Å². The van der Waals surface area contributed by atoms with Crippen molar-refractivity contribution in [3.8, 4) is 0 Å². The molecule has 0 aliphatic rings. The smallest absolute Gasteiger partial charge is 0.328 e. The van der Waals surface area contributed by atoms with Crippen LogP contribution >= 0.6 is 0 Å². The Labute approximate surface area is 169 Å². The minimum Gasteiger partial charge on any atom is -0.481 e. The number of aliphatic carboxylic acids is 3. The summed E-state index contributed by atoms with van der Waals surface area (Å²) in [4.78, 5) is 29.4. The molecule has 0 aromatic rings. The molecule has 0 spiro atoms. The van der Waals surface area contributed by atoms with Crippen molar-refractivity contribution in [3.63, 3.8) is 0 Å². The number of carboxylic acids is 3. The summed E-state index contributed by atoms with van der Waals surface area (Å²) in [5.74, 6) is -3.18. The molecule has 0 rings (SSSR count). The Morgan fingerprint density at radius 3 is 1.39 bits per heavy atom. The summed E-state index contributed by atoms with van der Waals surface area (Å²) < 4.78 is 0. The van der Waals surface area contributed by atoms with E-state index in [4.69, 9.17) is 15.3 Å². The molecule has 0 saturated carbocycles. The van der Waals surface area contributed by atoms with Crippen LogP contribution in [-0.2, 0) is 14.4 Å². The highest BCUT2D eigenvalue weighted by molar-refractivity contribution is 5.89. The largest absolute Gasteiger partial charge is 0.481 e. The summed E-state index contributed by atoms with van der Waals surface area (Å²) in [7, 11) is 0. The van der Waals surface area contributed by atoms with E-state index in [0.717, 1.165) is 12.8 Å². The molecule has 3 N–H and O–H groups in total. The average Bonchev–Trinajstić information content (AvgIpc) is 2.63. The number of carboxylic acid groups (broad SMARTS) is 3. The number of unbranched alkanes of at least 4 members (excludes halogenated alkanes) is 11. The molecule has 0 saturated heterocycles.